The molecule has 0 amide bonds. The van der Waals surface area contributed by atoms with Crippen molar-refractivity contribution < 1.29 is 5.11 Å². The summed E-state index contributed by atoms with van der Waals surface area (Å²) in [7, 11) is 4.28. The standard InChI is InChI=1S/C7H15NO.C6H13N.2C2H6/c1-8-5-3-2-4-7(8)6-9;1-7-5-3-2-4-6-7;2*1-2/h7,9H,2-6H2,1H3;2-6H2,1H3;2*1-2H3. The van der Waals surface area contributed by atoms with E-state index in [4.69, 9.17) is 5.11 Å². The Bertz CT molecular complexity index is 170. The molecule has 2 saturated heterocycles. The molecule has 0 bridgehead atoms. The van der Waals surface area contributed by atoms with Crippen molar-refractivity contribution in [3.05, 3.63) is 0 Å². The van der Waals surface area contributed by atoms with Gasteiger partial charge in [-0.15, -0.1) is 0 Å². The van der Waals surface area contributed by atoms with Crippen molar-refractivity contribution in [2.24, 2.45) is 0 Å². The molecule has 1 N–H and O–H groups in total. The second-order valence-corrected chi connectivity index (χ2v) is 5.18. The second-order valence-electron chi connectivity index (χ2n) is 5.18. The van der Waals surface area contributed by atoms with Crippen molar-refractivity contribution in [1.29, 1.82) is 0 Å². The molecule has 0 aromatic rings. The van der Waals surface area contributed by atoms with Crippen LogP contribution in [0, 0.1) is 0 Å². The lowest BCUT2D eigenvalue weighted by molar-refractivity contribution is 0.114. The summed E-state index contributed by atoms with van der Waals surface area (Å²) in [5.74, 6) is 0. The van der Waals surface area contributed by atoms with Crippen LogP contribution in [0.2, 0.25) is 0 Å². The predicted octanol–water partition coefficient (Wildman–Crippen LogP) is 3.62. The Morgan fingerprint density at radius 1 is 0.800 bits per heavy atom. The molecular weight excluding hydrogens is 248 g/mol. The van der Waals surface area contributed by atoms with E-state index in [9.17, 15) is 0 Å². The minimum Gasteiger partial charge on any atom is -0.395 e. The number of hydrogen-bond donors (Lipinski definition) is 1. The van der Waals surface area contributed by atoms with E-state index in [-0.39, 0.29) is 0 Å². The van der Waals surface area contributed by atoms with Gasteiger partial charge >= 0.3 is 0 Å². The van der Waals surface area contributed by atoms with Crippen molar-refractivity contribution in [3.8, 4) is 0 Å². The van der Waals surface area contributed by atoms with Crippen molar-refractivity contribution in [3.63, 3.8) is 0 Å². The molecule has 1 unspecified atom stereocenters. The van der Waals surface area contributed by atoms with Gasteiger partial charge < -0.3 is 14.9 Å². The Morgan fingerprint density at radius 3 is 1.60 bits per heavy atom. The van der Waals surface area contributed by atoms with Gasteiger partial charge in [-0.3, -0.25) is 0 Å². The van der Waals surface area contributed by atoms with Gasteiger partial charge in [-0.05, 0) is 59.4 Å². The summed E-state index contributed by atoms with van der Waals surface area (Å²) in [6, 6.07) is 0.443. The molecule has 0 aliphatic carbocycles. The van der Waals surface area contributed by atoms with Crippen LogP contribution >= 0.6 is 0 Å². The van der Waals surface area contributed by atoms with Crippen LogP contribution in [0.3, 0.4) is 0 Å². The maximum Gasteiger partial charge on any atom is 0.0586 e. The van der Waals surface area contributed by atoms with Crippen LogP contribution in [-0.2, 0) is 0 Å². The third-order valence-electron chi connectivity index (χ3n) is 3.71. The fraction of sp³-hybridized carbons (Fsp3) is 1.00. The predicted molar refractivity (Wildman–Crippen MR) is 91.4 cm³/mol. The topological polar surface area (TPSA) is 26.7 Å². The van der Waals surface area contributed by atoms with Crippen LogP contribution in [0.1, 0.15) is 66.2 Å². The minimum atomic E-state index is 0.330. The fourth-order valence-corrected chi connectivity index (χ4v) is 2.43. The Labute approximate surface area is 128 Å². The third-order valence-corrected chi connectivity index (χ3v) is 3.71. The first-order valence-corrected chi connectivity index (χ1v) is 8.73. The molecule has 0 radical (unpaired) electrons. The van der Waals surface area contributed by atoms with Gasteiger partial charge in [0.25, 0.3) is 0 Å². The molecule has 2 heterocycles. The normalized spacial score (nSPS) is 23.2. The van der Waals surface area contributed by atoms with Gasteiger partial charge in [-0.25, -0.2) is 0 Å². The SMILES string of the molecule is CC.CC.CN1CCCCC1.CN1CCCCC1CO. The van der Waals surface area contributed by atoms with E-state index < -0.39 is 0 Å². The monoisotopic (exact) mass is 288 g/mol. The second kappa shape index (κ2) is 16.9. The summed E-state index contributed by atoms with van der Waals surface area (Å²) in [5.41, 5.74) is 0. The summed E-state index contributed by atoms with van der Waals surface area (Å²) in [6.45, 7) is 12.1. The lowest BCUT2D eigenvalue weighted by Crippen LogP contribution is -2.38. The summed E-state index contributed by atoms with van der Waals surface area (Å²) < 4.78 is 0. The van der Waals surface area contributed by atoms with E-state index in [1.165, 1.54) is 51.6 Å². The Kier molecular flexibility index (Phi) is 18.8. The van der Waals surface area contributed by atoms with Crippen molar-refractivity contribution in [2.75, 3.05) is 40.3 Å². The van der Waals surface area contributed by atoms with Crippen molar-refractivity contribution in [2.45, 2.75) is 72.3 Å². The molecule has 0 aromatic carbocycles. The molecule has 3 heteroatoms. The first-order chi connectivity index (χ1) is 9.74. The number of likely N-dealkylation sites (tertiary alicyclic amines) is 2. The number of aliphatic hydroxyl groups is 1. The van der Waals surface area contributed by atoms with Gasteiger partial charge in [0.15, 0.2) is 0 Å². The first kappa shape index (κ1) is 22.2. The highest BCUT2D eigenvalue weighted by Gasteiger charge is 2.16. The zero-order chi connectivity index (χ0) is 15.8. The van der Waals surface area contributed by atoms with Crippen LogP contribution < -0.4 is 0 Å². The first-order valence-electron chi connectivity index (χ1n) is 8.73. The zero-order valence-electron chi connectivity index (χ0n) is 15.0. The highest BCUT2D eigenvalue weighted by molar-refractivity contribution is 4.72. The molecule has 2 fully saturated rings. The zero-order valence-corrected chi connectivity index (χ0v) is 15.0. The van der Waals surface area contributed by atoms with Crippen molar-refractivity contribution >= 4 is 0 Å². The summed E-state index contributed by atoms with van der Waals surface area (Å²) in [5, 5.41) is 8.82. The van der Waals surface area contributed by atoms with Gasteiger partial charge in [0.2, 0.25) is 0 Å². The summed E-state index contributed by atoms with van der Waals surface area (Å²) in [4.78, 5) is 4.63. The van der Waals surface area contributed by atoms with E-state index in [1.54, 1.807) is 0 Å². The van der Waals surface area contributed by atoms with Crippen LogP contribution in [0.5, 0.6) is 0 Å². The van der Waals surface area contributed by atoms with Gasteiger partial charge in [0.1, 0.15) is 0 Å². The van der Waals surface area contributed by atoms with E-state index in [1.807, 2.05) is 27.7 Å². The average molecular weight is 289 g/mol. The van der Waals surface area contributed by atoms with Gasteiger partial charge in [-0.2, -0.15) is 0 Å². The molecule has 20 heavy (non-hydrogen) atoms. The Balaban J connectivity index is 0. The number of hydrogen-bond acceptors (Lipinski definition) is 3. The fourth-order valence-electron chi connectivity index (χ4n) is 2.43. The molecule has 0 spiro atoms. The number of likely N-dealkylation sites (N-methyl/N-ethyl adjacent to an activating group) is 1. The Hall–Kier alpha value is -0.120. The molecule has 0 saturated carbocycles. The van der Waals surface area contributed by atoms with Crippen molar-refractivity contribution in [1.82, 2.24) is 9.80 Å². The largest absolute Gasteiger partial charge is 0.395 e. The highest BCUT2D eigenvalue weighted by atomic mass is 16.3. The summed E-state index contributed by atoms with van der Waals surface area (Å²) >= 11 is 0. The maximum atomic E-state index is 8.82. The third kappa shape index (κ3) is 11.7. The number of nitrogens with zero attached hydrogens (tertiary/aromatic N) is 2. The van der Waals surface area contributed by atoms with E-state index in [0.29, 0.717) is 12.6 Å². The highest BCUT2D eigenvalue weighted by Crippen LogP contribution is 2.13. The lowest BCUT2D eigenvalue weighted by Gasteiger charge is -2.30. The summed E-state index contributed by atoms with van der Waals surface area (Å²) in [6.07, 6.45) is 8.03. The molecule has 2 aliphatic rings. The van der Waals surface area contributed by atoms with Crippen LogP contribution in [-0.4, -0.2) is 61.3 Å². The number of aliphatic hydroxyl groups excluding tert-OH is 1. The van der Waals surface area contributed by atoms with E-state index >= 15 is 0 Å². The molecule has 2 aliphatic heterocycles. The molecule has 2 rings (SSSR count). The average Bonchev–Trinajstić information content (AvgIpc) is 2.53. The lowest BCUT2D eigenvalue weighted by atomic mass is 10.0. The molecule has 3 nitrogen and oxygen atoms in total. The Morgan fingerprint density at radius 2 is 1.30 bits per heavy atom. The van der Waals surface area contributed by atoms with Gasteiger partial charge in [0.05, 0.1) is 6.61 Å². The minimum absolute atomic E-state index is 0.330. The smallest absolute Gasteiger partial charge is 0.0586 e. The van der Waals surface area contributed by atoms with Crippen LogP contribution in [0.25, 0.3) is 0 Å². The quantitative estimate of drug-likeness (QED) is 0.798. The van der Waals surface area contributed by atoms with E-state index in [0.717, 1.165) is 6.54 Å². The molecule has 1 atom stereocenters. The van der Waals surface area contributed by atoms with Gasteiger partial charge in [-0.1, -0.05) is 40.5 Å². The van der Waals surface area contributed by atoms with Crippen LogP contribution in [0.4, 0.5) is 0 Å². The number of piperidine rings is 2. The maximum absolute atomic E-state index is 8.82. The van der Waals surface area contributed by atoms with E-state index in [2.05, 4.69) is 23.9 Å². The number of rotatable bonds is 1. The van der Waals surface area contributed by atoms with Gasteiger partial charge in [0, 0.05) is 6.04 Å². The molecule has 124 valence electrons. The van der Waals surface area contributed by atoms with Crippen LogP contribution in [0.15, 0.2) is 0 Å². The molecule has 0 aromatic heterocycles. The molecular formula is C17H40N2O.